The number of aryl methyl sites for hydroxylation is 1. The van der Waals surface area contributed by atoms with E-state index in [0.717, 1.165) is 57.6 Å². The van der Waals surface area contributed by atoms with Crippen LogP contribution in [0.2, 0.25) is 0 Å². The van der Waals surface area contributed by atoms with Crippen LogP contribution in [-0.2, 0) is 7.05 Å². The van der Waals surface area contributed by atoms with Crippen LogP contribution in [0.5, 0.6) is 5.75 Å². The Morgan fingerprint density at radius 2 is 1.91 bits per heavy atom. The maximum absolute atomic E-state index is 15.1. The van der Waals surface area contributed by atoms with Crippen molar-refractivity contribution in [1.29, 1.82) is 0 Å². The molecule has 1 aliphatic heterocycles. The van der Waals surface area contributed by atoms with Crippen LogP contribution < -0.4 is 20.5 Å². The van der Waals surface area contributed by atoms with Crippen molar-refractivity contribution in [2.24, 2.45) is 7.05 Å². The Balaban J connectivity index is 1.59. The molecule has 2 aromatic heterocycles. The van der Waals surface area contributed by atoms with E-state index in [1.54, 1.807) is 24.9 Å². The molecule has 5 rings (SSSR count). The number of ether oxygens (including phenoxy) is 1. The number of nitrogens with zero attached hydrogens (tertiary/aromatic N) is 4. The first kappa shape index (κ1) is 20.9. The highest BCUT2D eigenvalue weighted by molar-refractivity contribution is 5.81. The predicted molar refractivity (Wildman–Crippen MR) is 122 cm³/mol. The lowest BCUT2D eigenvalue weighted by Gasteiger charge is -2.30. The van der Waals surface area contributed by atoms with E-state index < -0.39 is 0 Å². The molecule has 8 nitrogen and oxygen atoms in total. The van der Waals surface area contributed by atoms with Crippen LogP contribution in [0.1, 0.15) is 43.7 Å². The molecule has 0 radical (unpaired) electrons. The van der Waals surface area contributed by atoms with Gasteiger partial charge in [0.05, 0.1) is 24.1 Å². The van der Waals surface area contributed by atoms with E-state index in [2.05, 4.69) is 20.4 Å². The molecule has 170 valence electrons. The molecule has 2 N–H and O–H groups in total. The monoisotopic (exact) mass is 440 g/mol. The minimum Gasteiger partial charge on any atom is -0.496 e. The van der Waals surface area contributed by atoms with Crippen molar-refractivity contribution >= 4 is 16.7 Å². The second-order valence-electron chi connectivity index (χ2n) is 8.70. The highest BCUT2D eigenvalue weighted by atomic mass is 19.1. The molecule has 0 amide bonds. The molecule has 1 aliphatic carbocycles. The van der Waals surface area contributed by atoms with Crippen LogP contribution in [0, 0.1) is 5.82 Å². The number of aromatic nitrogens is 4. The summed E-state index contributed by atoms with van der Waals surface area (Å²) < 4.78 is 22.4. The number of benzene rings is 1. The average molecular weight is 441 g/mol. The van der Waals surface area contributed by atoms with Gasteiger partial charge in [-0.1, -0.05) is 19.3 Å². The summed E-state index contributed by atoms with van der Waals surface area (Å²) in [6.07, 6.45) is 5.62. The van der Waals surface area contributed by atoms with Crippen LogP contribution in [-0.4, -0.2) is 53.0 Å². The van der Waals surface area contributed by atoms with Gasteiger partial charge in [0.2, 0.25) is 0 Å². The minimum absolute atomic E-state index is 0.243. The lowest BCUT2D eigenvalue weighted by Crippen LogP contribution is -2.43. The molecule has 2 fully saturated rings. The standard InChI is InChI=1S/C23H29FN6O2/c1-29-22-19(20(28-29)14-6-4-3-5-7-14)23(31)27-21(26-22)15-12-16(24)17(13-18(15)32-2)30-10-8-25-9-11-30/h12-14,25H,3-11H2,1-2H3,(H,26,27,31). The second kappa shape index (κ2) is 8.54. The molecule has 9 heteroatoms. The molecule has 0 atom stereocenters. The van der Waals surface area contributed by atoms with E-state index in [-0.39, 0.29) is 23.1 Å². The number of anilines is 1. The summed E-state index contributed by atoms with van der Waals surface area (Å²) in [7, 11) is 3.34. The molecule has 0 unspecified atom stereocenters. The summed E-state index contributed by atoms with van der Waals surface area (Å²) in [6, 6.07) is 3.09. The molecule has 1 saturated heterocycles. The third kappa shape index (κ3) is 3.64. The summed E-state index contributed by atoms with van der Waals surface area (Å²) in [5, 5.41) is 8.47. The molecule has 0 spiro atoms. The largest absolute Gasteiger partial charge is 0.496 e. The molecule has 2 aliphatic rings. The van der Waals surface area contributed by atoms with Crippen molar-refractivity contribution in [2.75, 3.05) is 38.2 Å². The van der Waals surface area contributed by atoms with E-state index in [4.69, 9.17) is 4.74 Å². The summed E-state index contributed by atoms with van der Waals surface area (Å²) >= 11 is 0. The van der Waals surface area contributed by atoms with Gasteiger partial charge in [-0.05, 0) is 18.9 Å². The Hall–Kier alpha value is -2.94. The average Bonchev–Trinajstić information content (AvgIpc) is 3.17. The maximum atomic E-state index is 15.1. The Kier molecular flexibility index (Phi) is 5.58. The van der Waals surface area contributed by atoms with Crippen LogP contribution >= 0.6 is 0 Å². The number of hydrogen-bond donors (Lipinski definition) is 2. The van der Waals surface area contributed by atoms with Crippen LogP contribution in [0.4, 0.5) is 10.1 Å². The number of H-pyrrole nitrogens is 1. The summed E-state index contributed by atoms with van der Waals surface area (Å²) in [5.74, 6) is 0.672. The van der Waals surface area contributed by atoms with E-state index in [1.807, 2.05) is 4.90 Å². The van der Waals surface area contributed by atoms with Gasteiger partial charge in [0.1, 0.15) is 22.8 Å². The van der Waals surface area contributed by atoms with Gasteiger partial charge >= 0.3 is 0 Å². The van der Waals surface area contributed by atoms with Crippen molar-refractivity contribution in [3.8, 4) is 17.1 Å². The molecular formula is C23H29FN6O2. The highest BCUT2D eigenvalue weighted by Gasteiger charge is 2.26. The van der Waals surface area contributed by atoms with Gasteiger partial charge in [-0.25, -0.2) is 14.1 Å². The fourth-order valence-corrected chi connectivity index (χ4v) is 5.02. The fourth-order valence-electron chi connectivity index (χ4n) is 5.02. The number of hydrogen-bond acceptors (Lipinski definition) is 6. The number of nitrogens with one attached hydrogen (secondary N) is 2. The van der Waals surface area contributed by atoms with E-state index in [1.165, 1.54) is 12.5 Å². The number of aromatic amines is 1. The molecule has 32 heavy (non-hydrogen) atoms. The summed E-state index contributed by atoms with van der Waals surface area (Å²) in [6.45, 7) is 3.05. The first-order chi connectivity index (χ1) is 15.6. The Bertz CT molecular complexity index is 1190. The Morgan fingerprint density at radius 3 is 2.62 bits per heavy atom. The quantitative estimate of drug-likeness (QED) is 0.649. The molecule has 0 bridgehead atoms. The Labute approximate surface area is 185 Å². The van der Waals surface area contributed by atoms with Crippen molar-refractivity contribution in [2.45, 2.75) is 38.0 Å². The molecule has 3 heterocycles. The summed E-state index contributed by atoms with van der Waals surface area (Å²) in [5.41, 5.74) is 2.01. The second-order valence-corrected chi connectivity index (χ2v) is 8.70. The first-order valence-electron chi connectivity index (χ1n) is 11.4. The lowest BCUT2D eigenvalue weighted by molar-refractivity contribution is 0.414. The van der Waals surface area contributed by atoms with Gasteiger partial charge in [0, 0.05) is 45.2 Å². The van der Waals surface area contributed by atoms with E-state index >= 15 is 4.39 Å². The van der Waals surface area contributed by atoms with Crippen molar-refractivity contribution < 1.29 is 9.13 Å². The van der Waals surface area contributed by atoms with Crippen molar-refractivity contribution in [3.63, 3.8) is 0 Å². The number of methoxy groups -OCH3 is 1. The zero-order valence-electron chi connectivity index (χ0n) is 18.6. The third-order valence-corrected chi connectivity index (χ3v) is 6.69. The zero-order chi connectivity index (χ0) is 22.2. The van der Waals surface area contributed by atoms with Crippen molar-refractivity contribution in [1.82, 2.24) is 25.1 Å². The van der Waals surface area contributed by atoms with Crippen LogP contribution in [0.3, 0.4) is 0 Å². The number of fused-ring (bicyclic) bond motifs is 1. The minimum atomic E-state index is -0.363. The van der Waals surface area contributed by atoms with Gasteiger partial charge in [0.25, 0.3) is 5.56 Å². The SMILES string of the molecule is COc1cc(N2CCNCC2)c(F)cc1-c1nc2c(c(C3CCCCC3)nn2C)c(=O)[nH]1. The molecular weight excluding hydrogens is 411 g/mol. The van der Waals surface area contributed by atoms with Crippen molar-refractivity contribution in [3.05, 3.63) is 34.0 Å². The maximum Gasteiger partial charge on any atom is 0.262 e. The normalized spacial score (nSPS) is 17.8. The molecule has 1 saturated carbocycles. The molecule has 3 aromatic rings. The van der Waals surface area contributed by atoms with Crippen LogP contribution in [0.25, 0.3) is 22.4 Å². The number of halogens is 1. The zero-order valence-corrected chi connectivity index (χ0v) is 18.6. The van der Waals surface area contributed by atoms with Gasteiger partial charge < -0.3 is 19.9 Å². The van der Waals surface area contributed by atoms with Gasteiger partial charge in [0.15, 0.2) is 5.65 Å². The number of piperazine rings is 1. The smallest absolute Gasteiger partial charge is 0.262 e. The first-order valence-corrected chi connectivity index (χ1v) is 11.4. The van der Waals surface area contributed by atoms with Crippen LogP contribution in [0.15, 0.2) is 16.9 Å². The predicted octanol–water partition coefficient (Wildman–Crippen LogP) is 2.93. The lowest BCUT2D eigenvalue weighted by atomic mass is 9.86. The molecule has 1 aromatic carbocycles. The van der Waals surface area contributed by atoms with E-state index in [0.29, 0.717) is 28.0 Å². The van der Waals surface area contributed by atoms with E-state index in [9.17, 15) is 4.79 Å². The van der Waals surface area contributed by atoms with Gasteiger partial charge in [-0.3, -0.25) is 4.79 Å². The third-order valence-electron chi connectivity index (χ3n) is 6.69. The van der Waals surface area contributed by atoms with Gasteiger partial charge in [-0.2, -0.15) is 5.10 Å². The summed E-state index contributed by atoms with van der Waals surface area (Å²) in [4.78, 5) is 22.7. The van der Waals surface area contributed by atoms with Gasteiger partial charge in [-0.15, -0.1) is 0 Å². The highest BCUT2D eigenvalue weighted by Crippen LogP contribution is 2.37. The topological polar surface area (TPSA) is 88.1 Å². The fraction of sp³-hybridized carbons (Fsp3) is 0.522. The number of rotatable bonds is 4. The Morgan fingerprint density at radius 1 is 1.16 bits per heavy atom.